The molecule has 0 aliphatic carbocycles. The van der Waals surface area contributed by atoms with Crippen LogP contribution in [0.2, 0.25) is 5.02 Å². The van der Waals surface area contributed by atoms with Gasteiger partial charge in [0.15, 0.2) is 0 Å². The van der Waals surface area contributed by atoms with Crippen molar-refractivity contribution in [3.63, 3.8) is 0 Å². The highest BCUT2D eigenvalue weighted by Crippen LogP contribution is 2.26. The van der Waals surface area contributed by atoms with Crippen molar-refractivity contribution in [3.8, 4) is 5.75 Å². The lowest BCUT2D eigenvalue weighted by molar-refractivity contribution is 0.198. The highest BCUT2D eigenvalue weighted by Gasteiger charge is 2.22. The van der Waals surface area contributed by atoms with Crippen LogP contribution >= 0.6 is 11.6 Å². The van der Waals surface area contributed by atoms with Crippen LogP contribution in [-0.2, 0) is 6.54 Å². The van der Waals surface area contributed by atoms with E-state index in [9.17, 15) is 0 Å². The van der Waals surface area contributed by atoms with E-state index in [1.807, 2.05) is 18.2 Å². The predicted octanol–water partition coefficient (Wildman–Crippen LogP) is 1.49. The van der Waals surface area contributed by atoms with Gasteiger partial charge in [0, 0.05) is 23.7 Å². The molecule has 0 saturated carbocycles. The van der Waals surface area contributed by atoms with Crippen LogP contribution in [0.4, 0.5) is 0 Å². The first-order valence-electron chi connectivity index (χ1n) is 6.67. The molecule has 1 fully saturated rings. The summed E-state index contributed by atoms with van der Waals surface area (Å²) in [7, 11) is 0. The molecule has 1 aliphatic rings. The molecule has 0 spiro atoms. The summed E-state index contributed by atoms with van der Waals surface area (Å²) in [6, 6.07) is 5.61. The van der Waals surface area contributed by atoms with Crippen molar-refractivity contribution in [1.29, 1.82) is 0 Å². The second-order valence-corrected chi connectivity index (χ2v) is 5.39. The van der Waals surface area contributed by atoms with Crippen LogP contribution in [0.1, 0.15) is 12.0 Å². The zero-order valence-electron chi connectivity index (χ0n) is 11.0. The molecule has 0 bridgehead atoms. The van der Waals surface area contributed by atoms with E-state index in [1.165, 1.54) is 0 Å². The summed E-state index contributed by atoms with van der Waals surface area (Å²) in [5.74, 6) is 1.40. The van der Waals surface area contributed by atoms with Crippen molar-refractivity contribution >= 4 is 11.6 Å². The number of aliphatic hydroxyl groups excluding tert-OH is 1. The number of nitrogens with two attached hydrogens (primary N) is 1. The number of rotatable bonds is 6. The van der Waals surface area contributed by atoms with Crippen molar-refractivity contribution in [2.75, 3.05) is 32.8 Å². The molecule has 19 heavy (non-hydrogen) atoms. The fraction of sp³-hybridized carbons (Fsp3) is 0.571. The summed E-state index contributed by atoms with van der Waals surface area (Å²) in [6.07, 6.45) is 1.16. The lowest BCUT2D eigenvalue weighted by Gasteiger charge is -2.18. The molecule has 1 aromatic rings. The van der Waals surface area contributed by atoms with Crippen LogP contribution < -0.4 is 10.5 Å². The van der Waals surface area contributed by atoms with Gasteiger partial charge >= 0.3 is 0 Å². The van der Waals surface area contributed by atoms with Crippen LogP contribution in [0.15, 0.2) is 18.2 Å². The molecule has 0 amide bonds. The molecule has 1 atom stereocenters. The smallest absolute Gasteiger partial charge is 0.124 e. The average molecular weight is 285 g/mol. The minimum absolute atomic E-state index is 0.0149. The largest absolute Gasteiger partial charge is 0.491 e. The Kier molecular flexibility index (Phi) is 5.45. The minimum Gasteiger partial charge on any atom is -0.491 e. The van der Waals surface area contributed by atoms with Crippen LogP contribution in [0, 0.1) is 5.92 Å². The van der Waals surface area contributed by atoms with Crippen molar-refractivity contribution < 1.29 is 9.84 Å². The van der Waals surface area contributed by atoms with Gasteiger partial charge in [0.05, 0.1) is 6.61 Å². The highest BCUT2D eigenvalue weighted by atomic mass is 35.5. The normalized spacial score (nSPS) is 19.8. The molecule has 1 aliphatic heterocycles. The molecule has 0 unspecified atom stereocenters. The molecule has 106 valence electrons. The SMILES string of the molecule is NC[C@H]1CCN(Cc2cc(Cl)ccc2OCCO)C1. The van der Waals surface area contributed by atoms with Gasteiger partial charge in [-0.15, -0.1) is 0 Å². The first kappa shape index (κ1) is 14.6. The molecule has 0 radical (unpaired) electrons. The van der Waals surface area contributed by atoms with E-state index < -0.39 is 0 Å². The van der Waals surface area contributed by atoms with E-state index in [1.54, 1.807) is 0 Å². The summed E-state index contributed by atoms with van der Waals surface area (Å²) in [6.45, 7) is 3.98. The van der Waals surface area contributed by atoms with Gasteiger partial charge in [0.1, 0.15) is 12.4 Å². The Labute approximate surface area is 119 Å². The van der Waals surface area contributed by atoms with Gasteiger partial charge in [-0.05, 0) is 43.6 Å². The molecule has 0 aromatic heterocycles. The van der Waals surface area contributed by atoms with Crippen molar-refractivity contribution in [3.05, 3.63) is 28.8 Å². The fourth-order valence-corrected chi connectivity index (χ4v) is 2.65. The quantitative estimate of drug-likeness (QED) is 0.831. The van der Waals surface area contributed by atoms with Gasteiger partial charge in [0.25, 0.3) is 0 Å². The second kappa shape index (κ2) is 7.10. The van der Waals surface area contributed by atoms with E-state index in [-0.39, 0.29) is 6.61 Å². The number of hydrogen-bond acceptors (Lipinski definition) is 4. The van der Waals surface area contributed by atoms with E-state index >= 15 is 0 Å². The Morgan fingerprint density at radius 1 is 1.47 bits per heavy atom. The maximum absolute atomic E-state index is 8.85. The maximum atomic E-state index is 8.85. The van der Waals surface area contributed by atoms with Crippen LogP contribution in [-0.4, -0.2) is 42.9 Å². The fourth-order valence-electron chi connectivity index (χ4n) is 2.46. The Balaban J connectivity index is 2.03. The highest BCUT2D eigenvalue weighted by molar-refractivity contribution is 6.30. The Bertz CT molecular complexity index is 414. The number of likely N-dealkylation sites (tertiary alicyclic amines) is 1. The van der Waals surface area contributed by atoms with Crippen LogP contribution in [0.25, 0.3) is 0 Å². The van der Waals surface area contributed by atoms with Crippen molar-refractivity contribution in [2.24, 2.45) is 11.7 Å². The Morgan fingerprint density at radius 3 is 3.00 bits per heavy atom. The van der Waals surface area contributed by atoms with Gasteiger partial charge in [-0.25, -0.2) is 0 Å². The molecule has 1 aromatic carbocycles. The topological polar surface area (TPSA) is 58.7 Å². The van der Waals surface area contributed by atoms with Crippen molar-refractivity contribution in [2.45, 2.75) is 13.0 Å². The standard InChI is InChI=1S/C14H21ClN2O2/c15-13-1-2-14(19-6-5-18)12(7-13)10-17-4-3-11(8-16)9-17/h1-2,7,11,18H,3-6,8-10,16H2/t11-/m1/s1. The number of ether oxygens (including phenoxy) is 1. The van der Waals surface area contributed by atoms with Gasteiger partial charge in [-0.1, -0.05) is 11.6 Å². The van der Waals surface area contributed by atoms with E-state index in [0.29, 0.717) is 17.5 Å². The lowest BCUT2D eigenvalue weighted by atomic mass is 10.1. The lowest BCUT2D eigenvalue weighted by Crippen LogP contribution is -2.23. The van der Waals surface area contributed by atoms with Gasteiger partial charge in [-0.2, -0.15) is 0 Å². The molecule has 1 heterocycles. The summed E-state index contributed by atoms with van der Waals surface area (Å²) in [5, 5.41) is 9.56. The van der Waals surface area contributed by atoms with E-state index in [2.05, 4.69) is 4.90 Å². The zero-order chi connectivity index (χ0) is 13.7. The van der Waals surface area contributed by atoms with Gasteiger partial charge < -0.3 is 15.6 Å². The molecule has 4 nitrogen and oxygen atoms in total. The van der Waals surface area contributed by atoms with Gasteiger partial charge in [-0.3, -0.25) is 4.90 Å². The molecule has 1 saturated heterocycles. The third-order valence-electron chi connectivity index (χ3n) is 3.47. The summed E-state index contributed by atoms with van der Waals surface area (Å²) in [5.41, 5.74) is 6.78. The second-order valence-electron chi connectivity index (χ2n) is 4.95. The third kappa shape index (κ3) is 4.08. The monoisotopic (exact) mass is 284 g/mol. The van der Waals surface area contributed by atoms with Crippen LogP contribution in [0.3, 0.4) is 0 Å². The predicted molar refractivity (Wildman–Crippen MR) is 76.5 cm³/mol. The molecular weight excluding hydrogens is 264 g/mol. The number of nitrogens with zero attached hydrogens (tertiary/aromatic N) is 1. The number of halogens is 1. The van der Waals surface area contributed by atoms with Gasteiger partial charge in [0.2, 0.25) is 0 Å². The molecular formula is C14H21ClN2O2. The zero-order valence-corrected chi connectivity index (χ0v) is 11.8. The first-order chi connectivity index (χ1) is 9.22. The average Bonchev–Trinajstić information content (AvgIpc) is 2.85. The molecule has 5 heteroatoms. The minimum atomic E-state index is 0.0149. The maximum Gasteiger partial charge on any atom is 0.124 e. The first-order valence-corrected chi connectivity index (χ1v) is 7.05. The van der Waals surface area contributed by atoms with E-state index in [4.69, 9.17) is 27.2 Å². The van der Waals surface area contributed by atoms with E-state index in [0.717, 1.165) is 43.9 Å². The number of benzene rings is 1. The Hall–Kier alpha value is -0.810. The summed E-state index contributed by atoms with van der Waals surface area (Å²) < 4.78 is 5.54. The summed E-state index contributed by atoms with van der Waals surface area (Å²) >= 11 is 6.05. The summed E-state index contributed by atoms with van der Waals surface area (Å²) in [4.78, 5) is 2.37. The van der Waals surface area contributed by atoms with Crippen LogP contribution in [0.5, 0.6) is 5.75 Å². The molecule has 3 N–H and O–H groups in total. The van der Waals surface area contributed by atoms with Crippen molar-refractivity contribution in [1.82, 2.24) is 4.90 Å². The number of aliphatic hydroxyl groups is 1. The number of hydrogen-bond donors (Lipinski definition) is 2. The Morgan fingerprint density at radius 2 is 2.32 bits per heavy atom. The molecule has 2 rings (SSSR count). The third-order valence-corrected chi connectivity index (χ3v) is 3.70.